The molecule has 1 aromatic carbocycles. The van der Waals surface area contributed by atoms with Gasteiger partial charge in [-0.15, -0.1) is 0 Å². The minimum absolute atomic E-state index is 0.859. The zero-order valence-electron chi connectivity index (χ0n) is 8.28. The number of aryl methyl sites for hydroxylation is 1. The molecule has 0 N–H and O–H groups in total. The lowest BCUT2D eigenvalue weighted by atomic mass is 10.1. The fourth-order valence-corrected chi connectivity index (χ4v) is 2.88. The lowest BCUT2D eigenvalue weighted by Crippen LogP contribution is -1.90. The summed E-state index contributed by atoms with van der Waals surface area (Å²) in [6.07, 6.45) is 3.39. The van der Waals surface area contributed by atoms with Crippen LogP contribution < -0.4 is 0 Å². The molecule has 1 atom stereocenters. The molecule has 0 amide bonds. The van der Waals surface area contributed by atoms with Gasteiger partial charge in [0.2, 0.25) is 0 Å². The quantitative estimate of drug-likeness (QED) is 0.617. The Kier molecular flexibility index (Phi) is 3.70. The van der Waals surface area contributed by atoms with Crippen LogP contribution in [0.3, 0.4) is 0 Å². The van der Waals surface area contributed by atoms with Gasteiger partial charge in [-0.1, -0.05) is 22.0 Å². The summed E-state index contributed by atoms with van der Waals surface area (Å²) >= 11 is 3.41. The maximum absolute atomic E-state index is 11.5. The number of aliphatic imine (C=N–C) groups is 1. The van der Waals surface area contributed by atoms with E-state index in [9.17, 15) is 4.21 Å². The number of fused-ring (bicyclic) bond motifs is 1. The number of benzene rings is 1. The SMILES string of the molecule is O=S1C=Nc2ccc(CCCCBr)cc21. The summed E-state index contributed by atoms with van der Waals surface area (Å²) in [5.41, 5.74) is 3.62. The van der Waals surface area contributed by atoms with Crippen LogP contribution in [0.2, 0.25) is 0 Å². The third kappa shape index (κ3) is 2.55. The molecule has 1 unspecified atom stereocenters. The molecule has 2 rings (SSSR count). The van der Waals surface area contributed by atoms with E-state index in [-0.39, 0.29) is 0 Å². The van der Waals surface area contributed by atoms with Crippen LogP contribution in [0.25, 0.3) is 0 Å². The molecule has 0 spiro atoms. The standard InChI is InChI=1S/C11H12BrNOS/c12-6-2-1-3-9-4-5-10-11(7-9)15(14)8-13-10/h4-5,7-8H,1-3,6H2. The summed E-state index contributed by atoms with van der Waals surface area (Å²) in [5.74, 6) is 0. The predicted octanol–water partition coefficient (Wildman–Crippen LogP) is 3.19. The summed E-state index contributed by atoms with van der Waals surface area (Å²) in [6.45, 7) is 0. The Morgan fingerprint density at radius 2 is 2.20 bits per heavy atom. The van der Waals surface area contributed by atoms with Gasteiger partial charge >= 0.3 is 0 Å². The number of unbranched alkanes of at least 4 members (excludes halogenated alkanes) is 1. The highest BCUT2D eigenvalue weighted by molar-refractivity contribution is 9.09. The first-order valence-electron chi connectivity index (χ1n) is 4.95. The number of rotatable bonds is 4. The van der Waals surface area contributed by atoms with Gasteiger partial charge in [0.25, 0.3) is 0 Å². The van der Waals surface area contributed by atoms with Crippen molar-refractivity contribution in [1.82, 2.24) is 0 Å². The fraction of sp³-hybridized carbons (Fsp3) is 0.364. The molecule has 4 heteroatoms. The third-order valence-corrected chi connectivity index (χ3v) is 4.00. The van der Waals surface area contributed by atoms with Gasteiger partial charge in [-0.2, -0.15) is 0 Å². The highest BCUT2D eigenvalue weighted by Gasteiger charge is 2.13. The van der Waals surface area contributed by atoms with Gasteiger partial charge < -0.3 is 0 Å². The molecule has 1 heterocycles. The van der Waals surface area contributed by atoms with Crippen molar-refractivity contribution in [3.63, 3.8) is 0 Å². The number of halogens is 1. The Balaban J connectivity index is 2.10. The summed E-state index contributed by atoms with van der Waals surface area (Å²) in [5, 5.41) is 1.05. The van der Waals surface area contributed by atoms with Crippen molar-refractivity contribution in [2.75, 3.05) is 5.33 Å². The van der Waals surface area contributed by atoms with E-state index >= 15 is 0 Å². The molecule has 0 fully saturated rings. The van der Waals surface area contributed by atoms with Crippen LogP contribution >= 0.6 is 15.9 Å². The molecular weight excluding hydrogens is 274 g/mol. The normalized spacial score (nSPS) is 18.1. The first-order valence-corrected chi connectivity index (χ1v) is 7.28. The predicted molar refractivity (Wildman–Crippen MR) is 67.7 cm³/mol. The second kappa shape index (κ2) is 5.03. The molecule has 0 saturated carbocycles. The third-order valence-electron chi connectivity index (χ3n) is 2.38. The van der Waals surface area contributed by atoms with E-state index in [2.05, 4.69) is 27.0 Å². The fourth-order valence-electron chi connectivity index (χ4n) is 1.57. The van der Waals surface area contributed by atoms with Gasteiger partial charge in [0.15, 0.2) is 0 Å². The van der Waals surface area contributed by atoms with Gasteiger partial charge in [0, 0.05) is 5.33 Å². The molecule has 15 heavy (non-hydrogen) atoms. The lowest BCUT2D eigenvalue weighted by Gasteiger charge is -2.02. The van der Waals surface area contributed by atoms with Crippen molar-refractivity contribution < 1.29 is 4.21 Å². The van der Waals surface area contributed by atoms with Crippen LogP contribution in [-0.2, 0) is 17.2 Å². The first-order chi connectivity index (χ1) is 7.31. The Morgan fingerprint density at radius 1 is 1.33 bits per heavy atom. The van der Waals surface area contributed by atoms with Gasteiger partial charge in [-0.05, 0) is 37.0 Å². The van der Waals surface area contributed by atoms with Crippen LogP contribution in [0.4, 0.5) is 5.69 Å². The van der Waals surface area contributed by atoms with Crippen molar-refractivity contribution >= 4 is 38.0 Å². The number of alkyl halides is 1. The van der Waals surface area contributed by atoms with Crippen LogP contribution in [0.5, 0.6) is 0 Å². The number of nitrogens with zero attached hydrogens (tertiary/aromatic N) is 1. The summed E-state index contributed by atoms with van der Waals surface area (Å²) in [4.78, 5) is 4.95. The van der Waals surface area contributed by atoms with Gasteiger partial charge in [0.1, 0.15) is 0 Å². The van der Waals surface area contributed by atoms with Crippen molar-refractivity contribution in [2.24, 2.45) is 4.99 Å². The van der Waals surface area contributed by atoms with E-state index in [0.717, 1.165) is 28.8 Å². The molecule has 0 bridgehead atoms. The Hall–Kier alpha value is -0.480. The molecule has 0 saturated heterocycles. The smallest absolute Gasteiger partial charge is 0.0984 e. The highest BCUT2D eigenvalue weighted by Crippen LogP contribution is 2.28. The second-order valence-electron chi connectivity index (χ2n) is 3.48. The van der Waals surface area contributed by atoms with Gasteiger partial charge in [-0.25, -0.2) is 9.20 Å². The molecule has 0 aliphatic carbocycles. The highest BCUT2D eigenvalue weighted by atomic mass is 79.9. The monoisotopic (exact) mass is 285 g/mol. The Labute approximate surface area is 100 Å². The zero-order chi connectivity index (χ0) is 10.7. The Morgan fingerprint density at radius 3 is 3.00 bits per heavy atom. The van der Waals surface area contributed by atoms with E-state index in [1.165, 1.54) is 17.5 Å². The number of hydrogen-bond donors (Lipinski definition) is 0. The van der Waals surface area contributed by atoms with Crippen LogP contribution in [0.15, 0.2) is 28.1 Å². The van der Waals surface area contributed by atoms with E-state index < -0.39 is 10.8 Å². The molecule has 1 aromatic rings. The molecular formula is C11H12BrNOS. The maximum Gasteiger partial charge on any atom is 0.0984 e. The van der Waals surface area contributed by atoms with Gasteiger partial charge in [-0.3, -0.25) is 0 Å². The summed E-state index contributed by atoms with van der Waals surface area (Å²) in [6, 6.07) is 6.06. The van der Waals surface area contributed by atoms with Crippen molar-refractivity contribution in [3.8, 4) is 0 Å². The van der Waals surface area contributed by atoms with E-state index in [0.29, 0.717) is 0 Å². The Bertz CT molecular complexity index is 417. The minimum Gasteiger partial charge on any atom is -0.248 e. The van der Waals surface area contributed by atoms with E-state index in [1.807, 2.05) is 12.1 Å². The summed E-state index contributed by atoms with van der Waals surface area (Å²) in [7, 11) is -1.02. The molecule has 1 aliphatic rings. The largest absolute Gasteiger partial charge is 0.248 e. The minimum atomic E-state index is -1.02. The van der Waals surface area contributed by atoms with Crippen molar-refractivity contribution in [3.05, 3.63) is 23.8 Å². The first kappa shape index (κ1) is 11.0. The van der Waals surface area contributed by atoms with Crippen LogP contribution in [-0.4, -0.2) is 15.1 Å². The van der Waals surface area contributed by atoms with E-state index in [4.69, 9.17) is 0 Å². The average molecular weight is 286 g/mol. The van der Waals surface area contributed by atoms with Gasteiger partial charge in [0.05, 0.1) is 26.9 Å². The van der Waals surface area contributed by atoms with Crippen molar-refractivity contribution in [1.29, 1.82) is 0 Å². The number of hydrogen-bond acceptors (Lipinski definition) is 2. The van der Waals surface area contributed by atoms with Crippen molar-refractivity contribution in [2.45, 2.75) is 24.2 Å². The van der Waals surface area contributed by atoms with Crippen LogP contribution in [0, 0.1) is 0 Å². The van der Waals surface area contributed by atoms with E-state index in [1.54, 1.807) is 0 Å². The summed E-state index contributed by atoms with van der Waals surface area (Å²) < 4.78 is 11.5. The topological polar surface area (TPSA) is 29.4 Å². The molecule has 1 aliphatic heterocycles. The molecule has 2 nitrogen and oxygen atoms in total. The zero-order valence-corrected chi connectivity index (χ0v) is 10.7. The maximum atomic E-state index is 11.5. The average Bonchev–Trinajstić information content (AvgIpc) is 2.61. The lowest BCUT2D eigenvalue weighted by molar-refractivity contribution is 0.691. The molecule has 0 radical (unpaired) electrons. The molecule has 0 aromatic heterocycles. The molecule has 80 valence electrons. The van der Waals surface area contributed by atoms with Crippen LogP contribution in [0.1, 0.15) is 18.4 Å². The second-order valence-corrected chi connectivity index (χ2v) is 5.52.